The zero-order valence-corrected chi connectivity index (χ0v) is 8.76. The van der Waals surface area contributed by atoms with E-state index in [0.717, 1.165) is 5.92 Å². The van der Waals surface area contributed by atoms with E-state index in [2.05, 4.69) is 11.8 Å². The molecule has 0 aromatic rings. The van der Waals surface area contributed by atoms with Crippen molar-refractivity contribution in [1.29, 1.82) is 0 Å². The molecule has 0 unspecified atom stereocenters. The largest absolute Gasteiger partial charge is 0.325 e. The van der Waals surface area contributed by atoms with E-state index in [-0.39, 0.29) is 5.54 Å². The average Bonchev–Trinajstić information content (AvgIpc) is 2.14. The molecule has 76 valence electrons. The van der Waals surface area contributed by atoms with Crippen molar-refractivity contribution < 1.29 is 0 Å². The molecule has 2 aliphatic rings. The zero-order chi connectivity index (χ0) is 9.31. The summed E-state index contributed by atoms with van der Waals surface area (Å²) in [4.78, 5) is 2.54. The topological polar surface area (TPSA) is 29.3 Å². The molecule has 2 N–H and O–H groups in total. The molecule has 1 heterocycles. The number of rotatable bonds is 2. The number of hydrogen-bond donors (Lipinski definition) is 1. The van der Waals surface area contributed by atoms with Gasteiger partial charge in [0.25, 0.3) is 0 Å². The van der Waals surface area contributed by atoms with Crippen LogP contribution < -0.4 is 5.73 Å². The van der Waals surface area contributed by atoms with Crippen molar-refractivity contribution in [3.63, 3.8) is 0 Å². The first-order valence-corrected chi connectivity index (χ1v) is 5.76. The predicted molar refractivity (Wildman–Crippen MR) is 55.6 cm³/mol. The minimum absolute atomic E-state index is 0.250. The molecule has 2 rings (SSSR count). The van der Waals surface area contributed by atoms with Crippen molar-refractivity contribution in [2.45, 2.75) is 44.6 Å². The lowest BCUT2D eigenvalue weighted by Crippen LogP contribution is -2.55. The molecule has 0 aromatic carbocycles. The second-order valence-corrected chi connectivity index (χ2v) is 4.80. The highest BCUT2D eigenvalue weighted by molar-refractivity contribution is 4.99. The molecule has 1 saturated carbocycles. The van der Waals surface area contributed by atoms with Crippen LogP contribution in [0.15, 0.2) is 0 Å². The van der Waals surface area contributed by atoms with Gasteiger partial charge in [-0.25, -0.2) is 0 Å². The monoisotopic (exact) mass is 182 g/mol. The second-order valence-electron chi connectivity index (χ2n) is 4.80. The molecule has 0 amide bonds. The minimum atomic E-state index is 0.250. The Kier molecular flexibility index (Phi) is 2.61. The van der Waals surface area contributed by atoms with Crippen LogP contribution in [0.4, 0.5) is 0 Å². The lowest BCUT2D eigenvalue weighted by Gasteiger charge is -2.48. The summed E-state index contributed by atoms with van der Waals surface area (Å²) in [6.45, 7) is 6.02. The maximum atomic E-state index is 6.35. The Balaban J connectivity index is 1.84. The Hall–Kier alpha value is -0.0800. The normalized spacial score (nSPS) is 30.0. The molecule has 0 bridgehead atoms. The van der Waals surface area contributed by atoms with Gasteiger partial charge >= 0.3 is 0 Å². The summed E-state index contributed by atoms with van der Waals surface area (Å²) in [5, 5.41) is 0. The summed E-state index contributed by atoms with van der Waals surface area (Å²) < 4.78 is 0. The van der Waals surface area contributed by atoms with E-state index in [0.29, 0.717) is 0 Å². The summed E-state index contributed by atoms with van der Waals surface area (Å²) in [6, 6.07) is 0. The van der Waals surface area contributed by atoms with Gasteiger partial charge in [0.15, 0.2) is 0 Å². The zero-order valence-electron chi connectivity index (χ0n) is 8.76. The number of likely N-dealkylation sites (tertiary alicyclic amines) is 1. The number of piperidine rings is 1. The third-order valence-electron chi connectivity index (χ3n) is 4.13. The van der Waals surface area contributed by atoms with E-state index in [1.807, 2.05) is 0 Å². The quantitative estimate of drug-likeness (QED) is 0.703. The van der Waals surface area contributed by atoms with Gasteiger partial charge in [-0.05, 0) is 57.7 Å². The van der Waals surface area contributed by atoms with Crippen LogP contribution in [0.5, 0.6) is 0 Å². The van der Waals surface area contributed by atoms with Crippen LogP contribution in [0.3, 0.4) is 0 Å². The van der Waals surface area contributed by atoms with E-state index in [4.69, 9.17) is 5.73 Å². The highest BCUT2D eigenvalue weighted by atomic mass is 15.1. The standard InChI is InChI=1S/C11H22N2/c1-2-13-8-4-10(5-9-13)11(12)6-3-7-11/h10H,2-9,12H2,1H3. The van der Waals surface area contributed by atoms with Gasteiger partial charge in [-0.15, -0.1) is 0 Å². The first-order valence-electron chi connectivity index (χ1n) is 5.76. The molecule has 1 saturated heterocycles. The maximum absolute atomic E-state index is 6.35. The molecule has 0 atom stereocenters. The number of nitrogens with two attached hydrogens (primary N) is 1. The Morgan fingerprint density at radius 2 is 1.92 bits per heavy atom. The smallest absolute Gasteiger partial charge is 0.0183 e. The van der Waals surface area contributed by atoms with Gasteiger partial charge in [-0.3, -0.25) is 0 Å². The van der Waals surface area contributed by atoms with Crippen molar-refractivity contribution in [3.05, 3.63) is 0 Å². The lowest BCUT2D eigenvalue weighted by molar-refractivity contribution is 0.0823. The highest BCUT2D eigenvalue weighted by Crippen LogP contribution is 2.40. The van der Waals surface area contributed by atoms with E-state index < -0.39 is 0 Å². The Bertz CT molecular complexity index is 167. The number of nitrogens with zero attached hydrogens (tertiary/aromatic N) is 1. The fourth-order valence-electron chi connectivity index (χ4n) is 2.82. The summed E-state index contributed by atoms with van der Waals surface area (Å²) in [7, 11) is 0. The first-order chi connectivity index (χ1) is 6.24. The minimum Gasteiger partial charge on any atom is -0.325 e. The van der Waals surface area contributed by atoms with Gasteiger partial charge in [0.1, 0.15) is 0 Å². The molecular formula is C11H22N2. The Morgan fingerprint density at radius 3 is 2.31 bits per heavy atom. The SMILES string of the molecule is CCN1CCC(C2(N)CCC2)CC1. The predicted octanol–water partition coefficient (Wildman–Crippen LogP) is 1.60. The van der Waals surface area contributed by atoms with Crippen LogP contribution in [-0.2, 0) is 0 Å². The van der Waals surface area contributed by atoms with Gasteiger partial charge in [0, 0.05) is 5.54 Å². The highest BCUT2D eigenvalue weighted by Gasteiger charge is 2.41. The van der Waals surface area contributed by atoms with Crippen LogP contribution >= 0.6 is 0 Å². The van der Waals surface area contributed by atoms with Crippen molar-refractivity contribution in [1.82, 2.24) is 4.90 Å². The van der Waals surface area contributed by atoms with Crippen LogP contribution in [0, 0.1) is 5.92 Å². The van der Waals surface area contributed by atoms with Gasteiger partial charge in [0.05, 0.1) is 0 Å². The number of hydrogen-bond acceptors (Lipinski definition) is 2. The summed E-state index contributed by atoms with van der Waals surface area (Å²) in [5.41, 5.74) is 6.60. The Morgan fingerprint density at radius 1 is 1.31 bits per heavy atom. The van der Waals surface area contributed by atoms with E-state index >= 15 is 0 Å². The van der Waals surface area contributed by atoms with Gasteiger partial charge < -0.3 is 10.6 Å². The molecule has 0 radical (unpaired) electrons. The maximum Gasteiger partial charge on any atom is 0.0183 e. The van der Waals surface area contributed by atoms with Gasteiger partial charge in [-0.1, -0.05) is 6.92 Å². The molecule has 2 nitrogen and oxygen atoms in total. The lowest BCUT2D eigenvalue weighted by atomic mass is 9.66. The fraction of sp³-hybridized carbons (Fsp3) is 1.00. The molecule has 1 aliphatic carbocycles. The molecule has 2 heteroatoms. The van der Waals surface area contributed by atoms with E-state index in [1.54, 1.807) is 0 Å². The Labute approximate surface area is 81.5 Å². The van der Waals surface area contributed by atoms with Crippen molar-refractivity contribution in [2.24, 2.45) is 11.7 Å². The molecular weight excluding hydrogens is 160 g/mol. The first kappa shape index (κ1) is 9.47. The third kappa shape index (κ3) is 1.75. The van der Waals surface area contributed by atoms with Crippen LogP contribution in [0.25, 0.3) is 0 Å². The molecule has 13 heavy (non-hydrogen) atoms. The van der Waals surface area contributed by atoms with Crippen molar-refractivity contribution in [3.8, 4) is 0 Å². The molecule has 0 aromatic heterocycles. The summed E-state index contributed by atoms with van der Waals surface area (Å²) >= 11 is 0. The van der Waals surface area contributed by atoms with Gasteiger partial charge in [0.2, 0.25) is 0 Å². The average molecular weight is 182 g/mol. The fourth-order valence-corrected chi connectivity index (χ4v) is 2.82. The van der Waals surface area contributed by atoms with Crippen molar-refractivity contribution >= 4 is 0 Å². The van der Waals surface area contributed by atoms with Crippen molar-refractivity contribution in [2.75, 3.05) is 19.6 Å². The molecule has 0 spiro atoms. The van der Waals surface area contributed by atoms with Crippen LogP contribution in [0.1, 0.15) is 39.0 Å². The van der Waals surface area contributed by atoms with Gasteiger partial charge in [-0.2, -0.15) is 0 Å². The summed E-state index contributed by atoms with van der Waals surface area (Å²) in [6.07, 6.45) is 6.60. The van der Waals surface area contributed by atoms with E-state index in [9.17, 15) is 0 Å². The van der Waals surface area contributed by atoms with Crippen LogP contribution in [-0.4, -0.2) is 30.1 Å². The third-order valence-corrected chi connectivity index (χ3v) is 4.13. The van der Waals surface area contributed by atoms with Crippen LogP contribution in [0.2, 0.25) is 0 Å². The second kappa shape index (κ2) is 3.58. The summed E-state index contributed by atoms with van der Waals surface area (Å²) in [5.74, 6) is 0.823. The van der Waals surface area contributed by atoms with E-state index in [1.165, 1.54) is 51.7 Å². The molecule has 2 fully saturated rings. The molecule has 1 aliphatic heterocycles.